The largest absolute Gasteiger partial charge is 0.396 e. The van der Waals surface area contributed by atoms with E-state index in [0.717, 1.165) is 22.4 Å². The quantitative estimate of drug-likeness (QED) is 0.418. The minimum atomic E-state index is 0.109. The summed E-state index contributed by atoms with van der Waals surface area (Å²) in [6, 6.07) is 5.89. The van der Waals surface area contributed by atoms with Gasteiger partial charge in [-0.05, 0) is 37.1 Å². The van der Waals surface area contributed by atoms with E-state index in [1.54, 1.807) is 11.8 Å². The van der Waals surface area contributed by atoms with Gasteiger partial charge in [-0.1, -0.05) is 6.92 Å². The lowest BCUT2D eigenvalue weighted by molar-refractivity contribution is 0.289. The number of nitrogens with one attached hydrogen (secondary N) is 1. The molecule has 1 aromatic rings. The van der Waals surface area contributed by atoms with Gasteiger partial charge in [-0.25, -0.2) is 0 Å². The fourth-order valence-corrected chi connectivity index (χ4v) is 2.56. The first-order valence-corrected chi connectivity index (χ1v) is 6.15. The predicted octanol–water partition coefficient (Wildman–Crippen LogP) is 2.14. The number of aliphatic hydroxyl groups is 1. The number of thioether (sulfide) groups is 1. The molecule has 88 valence electrons. The standard InChI is InChI=1S/C12H18N2OS/c1-8-7-10(16-9(2)5-6-15)3-4-11(8)12(13)14/h3-4,7,9,15H,5-6H2,1-2H3,(H3,13,14). The summed E-state index contributed by atoms with van der Waals surface area (Å²) in [7, 11) is 0. The van der Waals surface area contributed by atoms with Gasteiger partial charge >= 0.3 is 0 Å². The molecule has 1 atom stereocenters. The maximum Gasteiger partial charge on any atom is 0.123 e. The van der Waals surface area contributed by atoms with Gasteiger partial charge in [-0.3, -0.25) is 5.41 Å². The number of amidine groups is 1. The molecule has 16 heavy (non-hydrogen) atoms. The lowest BCUT2D eigenvalue weighted by Gasteiger charge is -2.11. The van der Waals surface area contributed by atoms with Crippen molar-refractivity contribution in [1.29, 1.82) is 5.41 Å². The monoisotopic (exact) mass is 238 g/mol. The van der Waals surface area contributed by atoms with E-state index in [0.29, 0.717) is 5.25 Å². The minimum absolute atomic E-state index is 0.109. The molecule has 3 nitrogen and oxygen atoms in total. The Labute approximate surface area is 101 Å². The highest BCUT2D eigenvalue weighted by molar-refractivity contribution is 7.99. The summed E-state index contributed by atoms with van der Waals surface area (Å²) < 4.78 is 0. The Morgan fingerprint density at radius 1 is 1.56 bits per heavy atom. The molecular weight excluding hydrogens is 220 g/mol. The SMILES string of the molecule is Cc1cc(SC(C)CCO)ccc1C(=N)N. The number of nitrogens with two attached hydrogens (primary N) is 1. The van der Waals surface area contributed by atoms with Crippen LogP contribution in [0.25, 0.3) is 0 Å². The smallest absolute Gasteiger partial charge is 0.123 e. The van der Waals surface area contributed by atoms with Crippen molar-refractivity contribution in [2.45, 2.75) is 30.4 Å². The first-order chi connectivity index (χ1) is 7.54. The van der Waals surface area contributed by atoms with E-state index < -0.39 is 0 Å². The van der Waals surface area contributed by atoms with Gasteiger partial charge in [-0.2, -0.15) is 0 Å². The molecule has 0 amide bonds. The van der Waals surface area contributed by atoms with Crippen LogP contribution in [-0.4, -0.2) is 22.8 Å². The molecule has 1 aromatic carbocycles. The Morgan fingerprint density at radius 2 is 2.25 bits per heavy atom. The van der Waals surface area contributed by atoms with Crippen LogP contribution >= 0.6 is 11.8 Å². The second kappa shape index (κ2) is 5.92. The van der Waals surface area contributed by atoms with Crippen LogP contribution in [0.4, 0.5) is 0 Å². The molecule has 0 saturated heterocycles. The summed E-state index contributed by atoms with van der Waals surface area (Å²) in [6.07, 6.45) is 0.790. The Bertz CT molecular complexity index is 379. The van der Waals surface area contributed by atoms with Crippen LogP contribution in [-0.2, 0) is 0 Å². The van der Waals surface area contributed by atoms with Gasteiger partial charge in [0.15, 0.2) is 0 Å². The summed E-state index contributed by atoms with van der Waals surface area (Å²) in [5, 5.41) is 16.6. The molecular formula is C12H18N2OS. The lowest BCUT2D eigenvalue weighted by atomic mass is 10.1. The van der Waals surface area contributed by atoms with Crippen LogP contribution in [0, 0.1) is 12.3 Å². The highest BCUT2D eigenvalue weighted by atomic mass is 32.2. The topological polar surface area (TPSA) is 70.1 Å². The van der Waals surface area contributed by atoms with E-state index in [2.05, 4.69) is 6.92 Å². The van der Waals surface area contributed by atoms with Gasteiger partial charge in [0.2, 0.25) is 0 Å². The highest BCUT2D eigenvalue weighted by Crippen LogP contribution is 2.26. The van der Waals surface area contributed by atoms with Crippen molar-refractivity contribution in [1.82, 2.24) is 0 Å². The van der Waals surface area contributed by atoms with Crippen molar-refractivity contribution in [2.24, 2.45) is 5.73 Å². The fourth-order valence-electron chi connectivity index (χ4n) is 1.48. The van der Waals surface area contributed by atoms with Crippen LogP contribution in [0.3, 0.4) is 0 Å². The number of aliphatic hydroxyl groups excluding tert-OH is 1. The molecule has 0 aromatic heterocycles. The molecule has 0 radical (unpaired) electrons. The molecule has 0 aliphatic rings. The molecule has 1 rings (SSSR count). The third-order valence-electron chi connectivity index (χ3n) is 2.36. The van der Waals surface area contributed by atoms with Crippen LogP contribution in [0.15, 0.2) is 23.1 Å². The molecule has 1 unspecified atom stereocenters. The van der Waals surface area contributed by atoms with E-state index in [1.807, 2.05) is 25.1 Å². The van der Waals surface area contributed by atoms with Gasteiger partial charge < -0.3 is 10.8 Å². The van der Waals surface area contributed by atoms with Crippen LogP contribution in [0.2, 0.25) is 0 Å². The van der Waals surface area contributed by atoms with Gasteiger partial charge in [0.25, 0.3) is 0 Å². The Kier molecular flexibility index (Phi) is 4.83. The Hall–Kier alpha value is -1.00. The zero-order valence-corrected chi connectivity index (χ0v) is 10.5. The van der Waals surface area contributed by atoms with E-state index >= 15 is 0 Å². The average molecular weight is 238 g/mol. The van der Waals surface area contributed by atoms with Crippen LogP contribution < -0.4 is 5.73 Å². The summed E-state index contributed by atoms with van der Waals surface area (Å²) >= 11 is 1.73. The van der Waals surface area contributed by atoms with Gasteiger partial charge in [-0.15, -0.1) is 11.8 Å². The second-order valence-electron chi connectivity index (χ2n) is 3.83. The maximum atomic E-state index is 8.83. The summed E-state index contributed by atoms with van der Waals surface area (Å²) in [5.74, 6) is 0.109. The predicted molar refractivity (Wildman–Crippen MR) is 69.2 cm³/mol. The van der Waals surface area contributed by atoms with Crippen molar-refractivity contribution in [3.05, 3.63) is 29.3 Å². The number of hydrogen-bond acceptors (Lipinski definition) is 3. The number of hydrogen-bond donors (Lipinski definition) is 3. The van der Waals surface area contributed by atoms with Crippen molar-refractivity contribution in [3.63, 3.8) is 0 Å². The maximum absolute atomic E-state index is 8.83. The van der Waals surface area contributed by atoms with E-state index in [-0.39, 0.29) is 12.4 Å². The normalized spacial score (nSPS) is 12.4. The van der Waals surface area contributed by atoms with Crippen LogP contribution in [0.5, 0.6) is 0 Å². The number of nitrogen functional groups attached to an aromatic ring is 1. The third-order valence-corrected chi connectivity index (χ3v) is 3.53. The lowest BCUT2D eigenvalue weighted by Crippen LogP contribution is -2.12. The highest BCUT2D eigenvalue weighted by Gasteiger charge is 2.06. The van der Waals surface area contributed by atoms with Crippen LogP contribution in [0.1, 0.15) is 24.5 Å². The molecule has 4 heteroatoms. The number of aryl methyl sites for hydroxylation is 1. The summed E-state index contributed by atoms with van der Waals surface area (Å²) in [4.78, 5) is 1.16. The molecule has 0 fully saturated rings. The van der Waals surface area contributed by atoms with Gasteiger partial charge in [0.1, 0.15) is 5.84 Å². The zero-order chi connectivity index (χ0) is 12.1. The molecule has 0 aliphatic heterocycles. The van der Waals surface area contributed by atoms with Crippen molar-refractivity contribution < 1.29 is 5.11 Å². The average Bonchev–Trinajstić information content (AvgIpc) is 2.17. The zero-order valence-electron chi connectivity index (χ0n) is 9.66. The number of rotatable bonds is 5. The Morgan fingerprint density at radius 3 is 2.75 bits per heavy atom. The van der Waals surface area contributed by atoms with Gasteiger partial charge in [0.05, 0.1) is 0 Å². The Balaban J connectivity index is 2.77. The molecule has 4 N–H and O–H groups in total. The van der Waals surface area contributed by atoms with Gasteiger partial charge in [0, 0.05) is 22.3 Å². The molecule has 0 heterocycles. The van der Waals surface area contributed by atoms with E-state index in [4.69, 9.17) is 16.2 Å². The molecule has 0 bridgehead atoms. The first-order valence-electron chi connectivity index (χ1n) is 5.27. The van der Waals surface area contributed by atoms with Crippen molar-refractivity contribution in [3.8, 4) is 0 Å². The first kappa shape index (κ1) is 13.1. The van der Waals surface area contributed by atoms with Crippen molar-refractivity contribution >= 4 is 17.6 Å². The summed E-state index contributed by atoms with van der Waals surface area (Å²) in [6.45, 7) is 4.27. The second-order valence-corrected chi connectivity index (χ2v) is 5.34. The van der Waals surface area contributed by atoms with Crippen molar-refractivity contribution in [2.75, 3.05) is 6.61 Å². The van der Waals surface area contributed by atoms with E-state index in [1.165, 1.54) is 0 Å². The van der Waals surface area contributed by atoms with E-state index in [9.17, 15) is 0 Å². The third kappa shape index (κ3) is 3.54. The minimum Gasteiger partial charge on any atom is -0.396 e. The molecule has 0 aliphatic carbocycles. The fraction of sp³-hybridized carbons (Fsp3) is 0.417. The number of benzene rings is 1. The molecule has 0 spiro atoms. The molecule has 0 saturated carbocycles. The summed E-state index contributed by atoms with van der Waals surface area (Å²) in [5.41, 5.74) is 7.27.